The Kier molecular flexibility index (Phi) is 10.0. The molecule has 0 radical (unpaired) electrons. The van der Waals surface area contributed by atoms with E-state index in [0.717, 1.165) is 44.5 Å². The van der Waals surface area contributed by atoms with Gasteiger partial charge in [0.05, 0.1) is 5.56 Å². The number of piperidine rings is 1. The average Bonchev–Trinajstić information content (AvgIpc) is 2.73. The molecule has 1 N–H and O–H groups in total. The van der Waals surface area contributed by atoms with Crippen LogP contribution in [-0.4, -0.2) is 43.9 Å². The summed E-state index contributed by atoms with van der Waals surface area (Å²) in [6.07, 6.45) is 12.2. The molecule has 5 nitrogen and oxygen atoms in total. The van der Waals surface area contributed by atoms with Crippen LogP contribution in [0.25, 0.3) is 0 Å². The van der Waals surface area contributed by atoms with Gasteiger partial charge in [0.15, 0.2) is 0 Å². The van der Waals surface area contributed by atoms with Gasteiger partial charge in [0.25, 0.3) is 5.91 Å². The molecule has 1 aliphatic heterocycles. The van der Waals surface area contributed by atoms with Gasteiger partial charge in [-0.1, -0.05) is 45.4 Å². The van der Waals surface area contributed by atoms with E-state index in [1.165, 1.54) is 38.5 Å². The van der Waals surface area contributed by atoms with Crippen LogP contribution in [0, 0.1) is 0 Å². The number of unbranched alkanes of at least 4 members (excludes halogenated alkanes) is 6. The first-order valence-electron chi connectivity index (χ1n) is 11.4. The fourth-order valence-electron chi connectivity index (χ4n) is 3.91. The molecule has 0 atom stereocenters. The van der Waals surface area contributed by atoms with E-state index >= 15 is 0 Å². The molecule has 1 saturated heterocycles. The third kappa shape index (κ3) is 7.71. The Morgan fingerprint density at radius 3 is 2.28 bits per heavy atom. The Balaban J connectivity index is 1.91. The van der Waals surface area contributed by atoms with Crippen molar-refractivity contribution >= 4 is 23.2 Å². The maximum Gasteiger partial charge on any atom is 0.256 e. The molecule has 1 aromatic carbocycles. The predicted octanol–water partition coefficient (Wildman–Crippen LogP) is 5.46. The molecule has 2 amide bonds. The summed E-state index contributed by atoms with van der Waals surface area (Å²) in [5.41, 5.74) is 2.28. The Labute approximate surface area is 176 Å². The summed E-state index contributed by atoms with van der Waals surface area (Å²) >= 11 is 0. The van der Waals surface area contributed by atoms with Gasteiger partial charge in [-0.3, -0.25) is 9.59 Å². The molecule has 162 valence electrons. The summed E-state index contributed by atoms with van der Waals surface area (Å²) in [5, 5.41) is 2.99. The van der Waals surface area contributed by atoms with Crippen LogP contribution >= 0.6 is 0 Å². The van der Waals surface area contributed by atoms with Gasteiger partial charge in [-0.15, -0.1) is 0 Å². The fraction of sp³-hybridized carbons (Fsp3) is 0.667. The highest BCUT2D eigenvalue weighted by molar-refractivity contribution is 6.02. The molecule has 0 bridgehead atoms. The monoisotopic (exact) mass is 401 g/mol. The molecule has 1 heterocycles. The zero-order valence-electron chi connectivity index (χ0n) is 18.6. The number of amides is 2. The number of benzene rings is 1. The summed E-state index contributed by atoms with van der Waals surface area (Å²) < 4.78 is 0. The topological polar surface area (TPSA) is 52.7 Å². The molecule has 0 aliphatic carbocycles. The molecule has 1 fully saturated rings. The van der Waals surface area contributed by atoms with E-state index in [1.54, 1.807) is 0 Å². The number of carbonyl (C=O) groups excluding carboxylic acids is 2. The first kappa shape index (κ1) is 23.2. The molecule has 0 spiro atoms. The van der Waals surface area contributed by atoms with Crippen molar-refractivity contribution < 1.29 is 9.59 Å². The second-order valence-electron chi connectivity index (χ2n) is 8.40. The number of hydrogen-bond donors (Lipinski definition) is 1. The van der Waals surface area contributed by atoms with Crippen molar-refractivity contribution in [1.29, 1.82) is 0 Å². The van der Waals surface area contributed by atoms with Gasteiger partial charge < -0.3 is 15.1 Å². The second-order valence-corrected chi connectivity index (χ2v) is 8.40. The molecule has 1 aliphatic rings. The number of likely N-dealkylation sites (tertiary alicyclic amines) is 1. The quantitative estimate of drug-likeness (QED) is 0.501. The minimum Gasteiger partial charge on any atom is -0.377 e. The number of carbonyl (C=O) groups is 2. The Hall–Kier alpha value is -2.04. The first-order valence-corrected chi connectivity index (χ1v) is 11.4. The van der Waals surface area contributed by atoms with E-state index < -0.39 is 0 Å². The van der Waals surface area contributed by atoms with Gasteiger partial charge in [0, 0.05) is 45.0 Å². The van der Waals surface area contributed by atoms with E-state index in [-0.39, 0.29) is 11.8 Å². The van der Waals surface area contributed by atoms with E-state index in [9.17, 15) is 9.59 Å². The maximum absolute atomic E-state index is 13.1. The van der Waals surface area contributed by atoms with Gasteiger partial charge in [0.2, 0.25) is 5.91 Å². The van der Waals surface area contributed by atoms with Crippen molar-refractivity contribution in [2.75, 3.05) is 37.4 Å². The van der Waals surface area contributed by atoms with Gasteiger partial charge in [0.1, 0.15) is 0 Å². The van der Waals surface area contributed by atoms with Crippen molar-refractivity contribution in [3.05, 3.63) is 23.8 Å². The first-order chi connectivity index (χ1) is 14.0. The van der Waals surface area contributed by atoms with Crippen molar-refractivity contribution in [2.24, 2.45) is 0 Å². The molecule has 2 rings (SSSR count). The third-order valence-electron chi connectivity index (χ3n) is 5.64. The van der Waals surface area contributed by atoms with Gasteiger partial charge in [-0.2, -0.15) is 0 Å². The molecule has 29 heavy (non-hydrogen) atoms. The molecule has 0 unspecified atom stereocenters. The zero-order valence-corrected chi connectivity index (χ0v) is 18.6. The SMILES string of the molecule is CCCCCCCCCC(=O)Nc1ccc(N(C)C)c(C(=O)N2CCCCC2)c1. The van der Waals surface area contributed by atoms with Gasteiger partial charge in [-0.05, 0) is 43.9 Å². The minimum atomic E-state index is 0.0348. The second kappa shape index (κ2) is 12.5. The summed E-state index contributed by atoms with van der Waals surface area (Å²) in [4.78, 5) is 29.3. The number of nitrogens with zero attached hydrogens (tertiary/aromatic N) is 2. The smallest absolute Gasteiger partial charge is 0.256 e. The highest BCUT2D eigenvalue weighted by atomic mass is 16.2. The van der Waals surface area contributed by atoms with E-state index in [4.69, 9.17) is 0 Å². The zero-order chi connectivity index (χ0) is 21.1. The highest BCUT2D eigenvalue weighted by Gasteiger charge is 2.22. The molecule has 0 aromatic heterocycles. The maximum atomic E-state index is 13.1. The van der Waals surface area contributed by atoms with Gasteiger partial charge in [-0.25, -0.2) is 0 Å². The number of nitrogens with one attached hydrogen (secondary N) is 1. The van der Waals surface area contributed by atoms with E-state index in [1.807, 2.05) is 42.1 Å². The molecule has 0 saturated carbocycles. The Morgan fingerprint density at radius 2 is 1.62 bits per heavy atom. The Morgan fingerprint density at radius 1 is 0.966 bits per heavy atom. The van der Waals surface area contributed by atoms with Crippen LogP contribution in [0.4, 0.5) is 11.4 Å². The largest absolute Gasteiger partial charge is 0.377 e. The molecule has 1 aromatic rings. The molecule has 5 heteroatoms. The fourth-order valence-corrected chi connectivity index (χ4v) is 3.91. The number of anilines is 2. The number of rotatable bonds is 11. The summed E-state index contributed by atoms with van der Waals surface area (Å²) in [6.45, 7) is 3.86. The summed E-state index contributed by atoms with van der Waals surface area (Å²) in [5.74, 6) is 0.101. The van der Waals surface area contributed by atoms with E-state index in [0.29, 0.717) is 17.7 Å². The number of hydrogen-bond acceptors (Lipinski definition) is 3. The normalized spacial score (nSPS) is 14.0. The van der Waals surface area contributed by atoms with Crippen molar-refractivity contribution in [1.82, 2.24) is 4.90 Å². The lowest BCUT2D eigenvalue weighted by atomic mass is 10.1. The lowest BCUT2D eigenvalue weighted by molar-refractivity contribution is -0.116. The van der Waals surface area contributed by atoms with Crippen LogP contribution in [0.3, 0.4) is 0 Å². The average molecular weight is 402 g/mol. The van der Waals surface area contributed by atoms with Crippen molar-refractivity contribution in [2.45, 2.75) is 77.6 Å². The van der Waals surface area contributed by atoms with Crippen LogP contribution in [0.5, 0.6) is 0 Å². The Bertz CT molecular complexity index is 652. The molecular formula is C24H39N3O2. The van der Waals surface area contributed by atoms with Crippen LogP contribution in [0.2, 0.25) is 0 Å². The van der Waals surface area contributed by atoms with E-state index in [2.05, 4.69) is 12.2 Å². The van der Waals surface area contributed by atoms with Crippen molar-refractivity contribution in [3.63, 3.8) is 0 Å². The van der Waals surface area contributed by atoms with Crippen LogP contribution in [0.15, 0.2) is 18.2 Å². The van der Waals surface area contributed by atoms with Crippen LogP contribution < -0.4 is 10.2 Å². The standard InChI is InChI=1S/C24H39N3O2/c1-4-5-6-7-8-9-11-14-23(28)25-20-15-16-22(26(2)3)21(19-20)24(29)27-17-12-10-13-18-27/h15-16,19H,4-14,17-18H2,1-3H3,(H,25,28). The van der Waals surface area contributed by atoms with Gasteiger partial charge >= 0.3 is 0 Å². The van der Waals surface area contributed by atoms with Crippen molar-refractivity contribution in [3.8, 4) is 0 Å². The summed E-state index contributed by atoms with van der Waals surface area (Å²) in [6, 6.07) is 5.67. The highest BCUT2D eigenvalue weighted by Crippen LogP contribution is 2.26. The summed E-state index contributed by atoms with van der Waals surface area (Å²) in [7, 11) is 3.89. The van der Waals surface area contributed by atoms with Crippen LogP contribution in [-0.2, 0) is 4.79 Å². The lowest BCUT2D eigenvalue weighted by Crippen LogP contribution is -2.36. The lowest BCUT2D eigenvalue weighted by Gasteiger charge is -2.28. The predicted molar refractivity (Wildman–Crippen MR) is 122 cm³/mol. The molecular weight excluding hydrogens is 362 g/mol. The minimum absolute atomic E-state index is 0.0348. The third-order valence-corrected chi connectivity index (χ3v) is 5.64. The van der Waals surface area contributed by atoms with Crippen LogP contribution in [0.1, 0.15) is 87.9 Å².